The molecule has 1 heterocycles. The maximum absolute atomic E-state index is 11.0. The third-order valence-electron chi connectivity index (χ3n) is 1.26. The van der Waals surface area contributed by atoms with Gasteiger partial charge in [0.1, 0.15) is 6.04 Å². The monoisotopic (exact) mass is 200 g/mol. The number of amides is 1. The molecule has 0 aromatic heterocycles. The Bertz CT molecular complexity index is 154. The maximum atomic E-state index is 11.0. The lowest BCUT2D eigenvalue weighted by Gasteiger charge is -2.09. The Balaban J connectivity index is 2.57. The summed E-state index contributed by atoms with van der Waals surface area (Å²) in [4.78, 5) is 11.0. The van der Waals surface area contributed by atoms with Crippen LogP contribution in [0.5, 0.6) is 0 Å². The predicted octanol–water partition coefficient (Wildman–Crippen LogP) is 1.08. The van der Waals surface area contributed by atoms with E-state index in [1.54, 1.807) is 7.05 Å². The number of hydrogen-bond donors (Lipinski definition) is 0. The van der Waals surface area contributed by atoms with E-state index in [0.29, 0.717) is 5.75 Å². The van der Waals surface area contributed by atoms with Crippen LogP contribution in [0.3, 0.4) is 0 Å². The Morgan fingerprint density at radius 3 is 2.60 bits per heavy atom. The second-order valence-electron chi connectivity index (χ2n) is 1.91. The molecule has 1 rings (SSSR count). The van der Waals surface area contributed by atoms with E-state index in [0.717, 1.165) is 3.94 Å². The molecule has 0 bridgehead atoms. The highest BCUT2D eigenvalue weighted by atomic mass is 35.5. The van der Waals surface area contributed by atoms with Gasteiger partial charge in [-0.05, 0) is 35.5 Å². The molecule has 1 fully saturated rings. The first kappa shape index (κ1) is 8.46. The van der Waals surface area contributed by atoms with Crippen molar-refractivity contribution in [2.75, 3.05) is 12.8 Å². The average molecular weight is 201 g/mol. The van der Waals surface area contributed by atoms with Crippen molar-refractivity contribution in [2.45, 2.75) is 6.04 Å². The van der Waals surface area contributed by atoms with Gasteiger partial charge in [-0.15, -0.1) is 3.94 Å². The van der Waals surface area contributed by atoms with Crippen molar-refractivity contribution in [2.24, 2.45) is 0 Å². The molecule has 0 N–H and O–H groups in total. The molecule has 6 heteroatoms. The van der Waals surface area contributed by atoms with Crippen LogP contribution >= 0.6 is 35.5 Å². The van der Waals surface area contributed by atoms with Crippen molar-refractivity contribution in [3.05, 3.63) is 0 Å². The molecule has 10 heavy (non-hydrogen) atoms. The van der Waals surface area contributed by atoms with Gasteiger partial charge in [-0.1, -0.05) is 0 Å². The zero-order chi connectivity index (χ0) is 7.72. The van der Waals surface area contributed by atoms with Crippen molar-refractivity contribution in [1.82, 2.24) is 8.24 Å². The molecular weight excluding hydrogens is 195 g/mol. The molecule has 1 amide bonds. The minimum Gasteiger partial charge on any atom is -0.288 e. The number of rotatable bonds is 1. The summed E-state index contributed by atoms with van der Waals surface area (Å²) in [6, 6.07) is -0.377. The van der Waals surface area contributed by atoms with Crippen LogP contribution in [0.1, 0.15) is 0 Å². The summed E-state index contributed by atoms with van der Waals surface area (Å²) >= 11 is 12.2. The van der Waals surface area contributed by atoms with Crippen LogP contribution in [0.2, 0.25) is 0 Å². The maximum Gasteiger partial charge on any atom is 0.253 e. The molecule has 58 valence electrons. The summed E-state index contributed by atoms with van der Waals surface area (Å²) in [6.45, 7) is 0. The SMILES string of the molecule is CN1SCC(N(Cl)Cl)C1=O. The highest BCUT2D eigenvalue weighted by Crippen LogP contribution is 2.25. The van der Waals surface area contributed by atoms with E-state index in [-0.39, 0.29) is 11.9 Å². The fourth-order valence-corrected chi connectivity index (χ4v) is 2.04. The van der Waals surface area contributed by atoms with Gasteiger partial charge in [-0.3, -0.25) is 9.10 Å². The van der Waals surface area contributed by atoms with Crippen molar-refractivity contribution in [3.63, 3.8) is 0 Å². The van der Waals surface area contributed by atoms with Crippen LogP contribution in [-0.2, 0) is 4.79 Å². The van der Waals surface area contributed by atoms with E-state index in [4.69, 9.17) is 23.6 Å². The molecule has 1 atom stereocenters. The molecule has 0 spiro atoms. The van der Waals surface area contributed by atoms with Crippen molar-refractivity contribution in [1.29, 1.82) is 0 Å². The van der Waals surface area contributed by atoms with Gasteiger partial charge in [0.25, 0.3) is 5.91 Å². The normalized spacial score (nSPS) is 26.6. The van der Waals surface area contributed by atoms with Gasteiger partial charge < -0.3 is 0 Å². The fraction of sp³-hybridized carbons (Fsp3) is 0.750. The van der Waals surface area contributed by atoms with E-state index < -0.39 is 0 Å². The number of carbonyl (C=O) groups is 1. The number of halogens is 2. The Labute approximate surface area is 73.6 Å². The molecule has 0 aliphatic carbocycles. The van der Waals surface area contributed by atoms with Gasteiger partial charge in [0.2, 0.25) is 0 Å². The molecular formula is C4H6Cl2N2OS. The number of likely N-dealkylation sites (N-methyl/N-ethyl adjacent to an activating group) is 1. The molecule has 1 aliphatic rings. The zero-order valence-corrected chi connectivity index (χ0v) is 7.58. The Hall–Kier alpha value is 0.360. The summed E-state index contributed by atoms with van der Waals surface area (Å²) in [5, 5.41) is 0. The van der Waals surface area contributed by atoms with Crippen LogP contribution in [0, 0.1) is 0 Å². The molecule has 0 saturated carbocycles. The minimum atomic E-state index is -0.377. The highest BCUT2D eigenvalue weighted by molar-refractivity contribution is 7.98. The van der Waals surface area contributed by atoms with E-state index >= 15 is 0 Å². The van der Waals surface area contributed by atoms with Crippen LogP contribution < -0.4 is 0 Å². The van der Waals surface area contributed by atoms with E-state index in [1.165, 1.54) is 16.3 Å². The van der Waals surface area contributed by atoms with Crippen LogP contribution in [0.4, 0.5) is 0 Å². The van der Waals surface area contributed by atoms with Crippen LogP contribution in [0.25, 0.3) is 0 Å². The second kappa shape index (κ2) is 3.17. The Morgan fingerprint density at radius 1 is 1.80 bits per heavy atom. The predicted molar refractivity (Wildman–Crippen MR) is 42.6 cm³/mol. The van der Waals surface area contributed by atoms with Crippen molar-refractivity contribution >= 4 is 41.4 Å². The lowest BCUT2D eigenvalue weighted by molar-refractivity contribution is -0.126. The largest absolute Gasteiger partial charge is 0.288 e. The standard InChI is InChI=1S/C4H6Cl2N2OS/c1-7-4(9)3(2-10-7)8(5)6/h3H,2H2,1H3. The summed E-state index contributed by atoms with van der Waals surface area (Å²) in [5.41, 5.74) is 0. The first-order valence-electron chi connectivity index (χ1n) is 2.64. The van der Waals surface area contributed by atoms with Crippen LogP contribution in [0.15, 0.2) is 0 Å². The fourth-order valence-electron chi connectivity index (χ4n) is 0.667. The Morgan fingerprint density at radius 2 is 2.40 bits per heavy atom. The van der Waals surface area contributed by atoms with E-state index in [1.807, 2.05) is 0 Å². The number of hydrogen-bond acceptors (Lipinski definition) is 3. The quantitative estimate of drug-likeness (QED) is 0.468. The molecule has 1 unspecified atom stereocenters. The van der Waals surface area contributed by atoms with Gasteiger partial charge >= 0.3 is 0 Å². The highest BCUT2D eigenvalue weighted by Gasteiger charge is 2.33. The second-order valence-corrected chi connectivity index (χ2v) is 3.95. The van der Waals surface area contributed by atoms with Gasteiger partial charge in [0.05, 0.1) is 0 Å². The smallest absolute Gasteiger partial charge is 0.253 e. The Kier molecular flexibility index (Phi) is 2.68. The number of carbonyl (C=O) groups excluding carboxylic acids is 1. The van der Waals surface area contributed by atoms with E-state index in [9.17, 15) is 4.79 Å². The molecule has 1 aliphatic heterocycles. The summed E-state index contributed by atoms with van der Waals surface area (Å²) < 4.78 is 2.43. The third kappa shape index (κ3) is 1.50. The lowest BCUT2D eigenvalue weighted by Crippen LogP contribution is -2.31. The molecule has 1 saturated heterocycles. The van der Waals surface area contributed by atoms with E-state index in [2.05, 4.69) is 0 Å². The van der Waals surface area contributed by atoms with Gasteiger partial charge in [0.15, 0.2) is 0 Å². The van der Waals surface area contributed by atoms with Crippen molar-refractivity contribution < 1.29 is 4.79 Å². The minimum absolute atomic E-state index is 0.0463. The third-order valence-corrected chi connectivity index (χ3v) is 2.76. The summed E-state index contributed by atoms with van der Waals surface area (Å²) in [5.74, 6) is 0.581. The topological polar surface area (TPSA) is 23.6 Å². The lowest BCUT2D eigenvalue weighted by atomic mass is 10.3. The van der Waals surface area contributed by atoms with Crippen LogP contribution in [-0.4, -0.2) is 33.0 Å². The molecule has 0 aromatic carbocycles. The first-order valence-corrected chi connectivity index (χ1v) is 4.26. The molecule has 3 nitrogen and oxygen atoms in total. The van der Waals surface area contributed by atoms with Gasteiger partial charge in [-0.2, -0.15) is 0 Å². The van der Waals surface area contributed by atoms with Crippen molar-refractivity contribution in [3.8, 4) is 0 Å². The molecule has 0 radical (unpaired) electrons. The first-order chi connectivity index (χ1) is 4.63. The average Bonchev–Trinajstić information content (AvgIpc) is 2.14. The summed E-state index contributed by atoms with van der Waals surface area (Å²) in [7, 11) is 1.70. The van der Waals surface area contributed by atoms with Gasteiger partial charge in [0, 0.05) is 12.8 Å². The summed E-state index contributed by atoms with van der Waals surface area (Å²) in [6.07, 6.45) is 0. The molecule has 0 aromatic rings. The van der Waals surface area contributed by atoms with Gasteiger partial charge in [-0.25, -0.2) is 0 Å². The number of nitrogens with zero attached hydrogens (tertiary/aromatic N) is 2. The zero-order valence-electron chi connectivity index (χ0n) is 5.25.